The first-order chi connectivity index (χ1) is 11.5. The number of nitro groups is 1. The number of aromatic nitrogens is 2. The topological polar surface area (TPSA) is 90.1 Å². The third-order valence-electron chi connectivity index (χ3n) is 4.48. The zero-order valence-corrected chi connectivity index (χ0v) is 13.5. The Kier molecular flexibility index (Phi) is 4.59. The maximum Gasteiger partial charge on any atom is 0.272 e. The molecule has 0 saturated heterocycles. The Morgan fingerprint density at radius 2 is 2.04 bits per heavy atom. The number of carbonyl (C=O) groups is 1. The Labute approximate surface area is 139 Å². The predicted molar refractivity (Wildman–Crippen MR) is 89.1 cm³/mol. The number of non-ortho nitro benzene ring substituents is 1. The van der Waals surface area contributed by atoms with E-state index >= 15 is 0 Å². The van der Waals surface area contributed by atoms with Gasteiger partial charge in [0.2, 0.25) is 0 Å². The second-order valence-electron chi connectivity index (χ2n) is 6.35. The summed E-state index contributed by atoms with van der Waals surface area (Å²) in [5.41, 5.74) is 0.861. The van der Waals surface area contributed by atoms with E-state index in [1.54, 1.807) is 24.4 Å². The van der Waals surface area contributed by atoms with Crippen LogP contribution in [0.15, 0.2) is 36.5 Å². The molecule has 1 amide bonds. The Morgan fingerprint density at radius 1 is 1.29 bits per heavy atom. The van der Waals surface area contributed by atoms with Crippen LogP contribution in [0.1, 0.15) is 43.1 Å². The zero-order valence-electron chi connectivity index (χ0n) is 13.5. The number of nitro benzene ring substituents is 1. The molecule has 0 atom stereocenters. The molecule has 3 rings (SSSR count). The van der Waals surface area contributed by atoms with E-state index in [0.717, 1.165) is 31.6 Å². The lowest BCUT2D eigenvalue weighted by Gasteiger charge is -2.26. The number of hydrogen-bond acceptors (Lipinski definition) is 4. The van der Waals surface area contributed by atoms with Gasteiger partial charge in [0, 0.05) is 24.4 Å². The van der Waals surface area contributed by atoms with E-state index in [0.29, 0.717) is 11.4 Å². The summed E-state index contributed by atoms with van der Waals surface area (Å²) in [4.78, 5) is 22.7. The van der Waals surface area contributed by atoms with Crippen molar-refractivity contribution in [2.24, 2.45) is 5.92 Å². The van der Waals surface area contributed by atoms with E-state index in [9.17, 15) is 14.9 Å². The van der Waals surface area contributed by atoms with Crippen LogP contribution in [-0.4, -0.2) is 26.7 Å². The smallest absolute Gasteiger partial charge is 0.272 e. The third-order valence-corrected chi connectivity index (χ3v) is 4.48. The van der Waals surface area contributed by atoms with E-state index < -0.39 is 4.92 Å². The summed E-state index contributed by atoms with van der Waals surface area (Å²) in [6.45, 7) is 2.23. The Bertz CT molecular complexity index is 748. The predicted octanol–water partition coefficient (Wildman–Crippen LogP) is 3.09. The average molecular weight is 328 g/mol. The van der Waals surface area contributed by atoms with Crippen LogP contribution < -0.4 is 5.32 Å². The lowest BCUT2D eigenvalue weighted by molar-refractivity contribution is -0.384. The number of benzene rings is 1. The molecule has 1 heterocycles. The van der Waals surface area contributed by atoms with E-state index in [-0.39, 0.29) is 17.6 Å². The number of amides is 1. The van der Waals surface area contributed by atoms with E-state index in [2.05, 4.69) is 17.3 Å². The van der Waals surface area contributed by atoms with Gasteiger partial charge in [-0.15, -0.1) is 0 Å². The average Bonchev–Trinajstić information content (AvgIpc) is 3.07. The van der Waals surface area contributed by atoms with Crippen molar-refractivity contribution in [2.75, 3.05) is 0 Å². The van der Waals surface area contributed by atoms with Crippen LogP contribution in [0.25, 0.3) is 5.69 Å². The highest BCUT2D eigenvalue weighted by Gasteiger charge is 2.21. The van der Waals surface area contributed by atoms with Crippen molar-refractivity contribution in [1.29, 1.82) is 0 Å². The molecule has 1 aliphatic carbocycles. The zero-order chi connectivity index (χ0) is 17.1. The highest BCUT2D eigenvalue weighted by Crippen LogP contribution is 2.23. The van der Waals surface area contributed by atoms with Gasteiger partial charge < -0.3 is 5.32 Å². The van der Waals surface area contributed by atoms with Gasteiger partial charge in [0.1, 0.15) is 0 Å². The van der Waals surface area contributed by atoms with Crippen molar-refractivity contribution in [1.82, 2.24) is 15.1 Å². The van der Waals surface area contributed by atoms with Crippen molar-refractivity contribution in [3.63, 3.8) is 0 Å². The lowest BCUT2D eigenvalue weighted by atomic mass is 9.87. The maximum atomic E-state index is 12.3. The molecule has 126 valence electrons. The van der Waals surface area contributed by atoms with Gasteiger partial charge >= 0.3 is 0 Å². The minimum absolute atomic E-state index is 0.00896. The number of carbonyl (C=O) groups excluding carboxylic acids is 1. The molecule has 0 bridgehead atoms. The first-order valence-electron chi connectivity index (χ1n) is 8.14. The molecular weight excluding hydrogens is 308 g/mol. The summed E-state index contributed by atoms with van der Waals surface area (Å²) in [6.07, 6.45) is 5.90. The molecule has 2 aromatic rings. The van der Waals surface area contributed by atoms with Gasteiger partial charge in [-0.25, -0.2) is 4.68 Å². The molecule has 7 nitrogen and oxygen atoms in total. The van der Waals surface area contributed by atoms with Crippen LogP contribution in [0.4, 0.5) is 5.69 Å². The largest absolute Gasteiger partial charge is 0.348 e. The van der Waals surface area contributed by atoms with Crippen LogP contribution in [0.2, 0.25) is 0 Å². The second-order valence-corrected chi connectivity index (χ2v) is 6.35. The maximum absolute atomic E-state index is 12.3. The molecule has 24 heavy (non-hydrogen) atoms. The van der Waals surface area contributed by atoms with E-state index in [1.165, 1.54) is 16.8 Å². The summed E-state index contributed by atoms with van der Waals surface area (Å²) in [5.74, 6) is 0.532. The van der Waals surface area contributed by atoms with Gasteiger partial charge in [-0.1, -0.05) is 13.0 Å². The molecule has 1 aromatic carbocycles. The van der Waals surface area contributed by atoms with Gasteiger partial charge in [-0.2, -0.15) is 5.10 Å². The van der Waals surface area contributed by atoms with Crippen molar-refractivity contribution in [2.45, 2.75) is 38.6 Å². The number of hydrogen-bond donors (Lipinski definition) is 1. The SMILES string of the molecule is CC1CCC(NC(=O)c2ccn(-c3cccc([N+](=O)[O-])c3)n2)CC1. The molecule has 1 aliphatic rings. The van der Waals surface area contributed by atoms with Gasteiger partial charge in [0.25, 0.3) is 11.6 Å². The van der Waals surface area contributed by atoms with Gasteiger partial charge in [0.15, 0.2) is 5.69 Å². The normalized spacial score (nSPS) is 20.5. The molecular formula is C17H20N4O3. The van der Waals surface area contributed by atoms with E-state index in [1.807, 2.05) is 0 Å². The highest BCUT2D eigenvalue weighted by molar-refractivity contribution is 5.92. The summed E-state index contributed by atoms with van der Waals surface area (Å²) in [5, 5.41) is 18.1. The fraction of sp³-hybridized carbons (Fsp3) is 0.412. The van der Waals surface area contributed by atoms with Crippen molar-refractivity contribution >= 4 is 11.6 Å². The number of rotatable bonds is 4. The fourth-order valence-electron chi connectivity index (χ4n) is 3.00. The van der Waals surface area contributed by atoms with Crippen LogP contribution in [0.5, 0.6) is 0 Å². The van der Waals surface area contributed by atoms with Crippen molar-refractivity contribution in [3.8, 4) is 5.69 Å². The molecule has 0 aliphatic heterocycles. The lowest BCUT2D eigenvalue weighted by Crippen LogP contribution is -2.37. The third kappa shape index (κ3) is 3.61. The van der Waals surface area contributed by atoms with Crippen LogP contribution in [0.3, 0.4) is 0 Å². The van der Waals surface area contributed by atoms with Crippen LogP contribution in [0, 0.1) is 16.0 Å². The van der Waals surface area contributed by atoms with Crippen LogP contribution in [-0.2, 0) is 0 Å². The minimum Gasteiger partial charge on any atom is -0.348 e. The first-order valence-corrected chi connectivity index (χ1v) is 8.14. The van der Waals surface area contributed by atoms with Crippen molar-refractivity contribution < 1.29 is 9.72 Å². The van der Waals surface area contributed by atoms with Crippen molar-refractivity contribution in [3.05, 3.63) is 52.3 Å². The standard InChI is InChI=1S/C17H20N4O3/c1-12-5-7-13(8-6-12)18-17(22)16-9-10-20(19-16)14-3-2-4-15(11-14)21(23)24/h2-4,9-13H,5-8H2,1H3,(H,18,22). The molecule has 1 saturated carbocycles. The number of nitrogens with one attached hydrogen (secondary N) is 1. The van der Waals surface area contributed by atoms with E-state index in [4.69, 9.17) is 0 Å². The Hall–Kier alpha value is -2.70. The minimum atomic E-state index is -0.454. The van der Waals surface area contributed by atoms with Gasteiger partial charge in [-0.05, 0) is 43.7 Å². The Morgan fingerprint density at radius 3 is 2.75 bits per heavy atom. The molecule has 0 radical (unpaired) electrons. The molecule has 7 heteroatoms. The number of nitrogens with zero attached hydrogens (tertiary/aromatic N) is 3. The Balaban J connectivity index is 1.70. The molecule has 1 fully saturated rings. The summed E-state index contributed by atoms with van der Waals surface area (Å²) >= 11 is 0. The first kappa shape index (κ1) is 16.2. The molecule has 1 aromatic heterocycles. The van der Waals surface area contributed by atoms with Gasteiger partial charge in [0.05, 0.1) is 10.6 Å². The fourth-order valence-corrected chi connectivity index (χ4v) is 3.00. The monoisotopic (exact) mass is 328 g/mol. The summed E-state index contributed by atoms with van der Waals surface area (Å²) in [7, 11) is 0. The molecule has 0 unspecified atom stereocenters. The van der Waals surface area contributed by atoms with Crippen LogP contribution >= 0.6 is 0 Å². The molecule has 1 N–H and O–H groups in total. The molecule has 0 spiro atoms. The second kappa shape index (κ2) is 6.82. The van der Waals surface area contributed by atoms with Gasteiger partial charge in [-0.3, -0.25) is 14.9 Å². The summed E-state index contributed by atoms with van der Waals surface area (Å²) < 4.78 is 1.48. The quantitative estimate of drug-likeness (QED) is 0.690. The summed E-state index contributed by atoms with van der Waals surface area (Å²) in [6, 6.07) is 7.99. The highest BCUT2D eigenvalue weighted by atomic mass is 16.6.